The standard InChI is InChI=1S/C12H13O3/c1-3-11-10(9-13)5-4-6-12(11)15-8-7-14-2/h1,4-6,9,13H,7-8H2,2H3. The van der Waals surface area contributed by atoms with Crippen LogP contribution in [0.15, 0.2) is 18.2 Å². The predicted octanol–water partition coefficient (Wildman–Crippen LogP) is 1.58. The summed E-state index contributed by atoms with van der Waals surface area (Å²) in [6, 6.07) is 5.25. The van der Waals surface area contributed by atoms with Gasteiger partial charge >= 0.3 is 0 Å². The SMILES string of the molecule is C#Cc1c([CH]O)cccc1OCCOC. The highest BCUT2D eigenvalue weighted by Gasteiger charge is 2.06. The summed E-state index contributed by atoms with van der Waals surface area (Å²) in [6.07, 6.45) is 5.34. The minimum atomic E-state index is 0.431. The maximum absolute atomic E-state index is 8.94. The lowest BCUT2D eigenvalue weighted by Gasteiger charge is -2.09. The highest BCUT2D eigenvalue weighted by Crippen LogP contribution is 2.22. The van der Waals surface area contributed by atoms with Crippen molar-refractivity contribution in [3.63, 3.8) is 0 Å². The van der Waals surface area contributed by atoms with Crippen LogP contribution in [0.1, 0.15) is 11.1 Å². The zero-order valence-electron chi connectivity index (χ0n) is 8.56. The van der Waals surface area contributed by atoms with Crippen molar-refractivity contribution >= 4 is 0 Å². The summed E-state index contributed by atoms with van der Waals surface area (Å²) < 4.78 is 10.3. The quantitative estimate of drug-likeness (QED) is 0.586. The van der Waals surface area contributed by atoms with Crippen LogP contribution >= 0.6 is 0 Å². The lowest BCUT2D eigenvalue weighted by molar-refractivity contribution is 0.146. The highest BCUT2D eigenvalue weighted by molar-refractivity contribution is 5.52. The van der Waals surface area contributed by atoms with E-state index in [0.717, 1.165) is 6.61 Å². The summed E-state index contributed by atoms with van der Waals surface area (Å²) in [7, 11) is 1.60. The van der Waals surface area contributed by atoms with Gasteiger partial charge in [0.15, 0.2) is 0 Å². The maximum atomic E-state index is 8.94. The van der Waals surface area contributed by atoms with Gasteiger partial charge in [-0.1, -0.05) is 18.1 Å². The molecule has 3 heteroatoms. The first-order chi connectivity index (χ1) is 7.33. The van der Waals surface area contributed by atoms with Gasteiger partial charge in [-0.3, -0.25) is 0 Å². The Kier molecular flexibility index (Phi) is 4.69. The molecule has 0 fully saturated rings. The number of terminal acetylenes is 1. The van der Waals surface area contributed by atoms with Crippen molar-refractivity contribution in [2.75, 3.05) is 20.3 Å². The van der Waals surface area contributed by atoms with E-state index in [9.17, 15) is 0 Å². The Morgan fingerprint density at radius 1 is 1.47 bits per heavy atom. The molecule has 0 atom stereocenters. The number of benzene rings is 1. The molecule has 0 saturated heterocycles. The van der Waals surface area contributed by atoms with Crippen LogP contribution in [0.5, 0.6) is 5.75 Å². The number of methoxy groups -OCH3 is 1. The van der Waals surface area contributed by atoms with E-state index in [1.54, 1.807) is 25.3 Å². The molecule has 0 bridgehead atoms. The average molecular weight is 205 g/mol. The molecule has 79 valence electrons. The third-order valence-corrected chi connectivity index (χ3v) is 1.89. The molecule has 1 N–H and O–H groups in total. The Labute approximate surface area is 89.6 Å². The third-order valence-electron chi connectivity index (χ3n) is 1.89. The zero-order valence-corrected chi connectivity index (χ0v) is 8.56. The fourth-order valence-electron chi connectivity index (χ4n) is 1.17. The number of rotatable bonds is 5. The molecule has 0 heterocycles. The van der Waals surface area contributed by atoms with Crippen LogP contribution in [-0.4, -0.2) is 25.4 Å². The Hall–Kier alpha value is -1.50. The van der Waals surface area contributed by atoms with Crippen LogP contribution in [-0.2, 0) is 4.74 Å². The van der Waals surface area contributed by atoms with Crippen molar-refractivity contribution in [3.05, 3.63) is 35.9 Å². The maximum Gasteiger partial charge on any atom is 0.135 e. The second-order valence-electron chi connectivity index (χ2n) is 2.84. The molecule has 0 aliphatic heterocycles. The number of aliphatic hydroxyl groups is 1. The number of hydrogen-bond donors (Lipinski definition) is 1. The fraction of sp³-hybridized carbons (Fsp3) is 0.250. The first-order valence-electron chi connectivity index (χ1n) is 4.52. The molecule has 0 spiro atoms. The van der Waals surface area contributed by atoms with Gasteiger partial charge in [0.1, 0.15) is 19.0 Å². The second kappa shape index (κ2) is 6.07. The van der Waals surface area contributed by atoms with Gasteiger partial charge in [-0.25, -0.2) is 0 Å². The molecule has 1 radical (unpaired) electrons. The van der Waals surface area contributed by atoms with Gasteiger partial charge < -0.3 is 14.6 Å². The summed E-state index contributed by atoms with van der Waals surface area (Å²) in [6.45, 7) is 1.90. The summed E-state index contributed by atoms with van der Waals surface area (Å²) in [5.74, 6) is 3.07. The first-order valence-corrected chi connectivity index (χ1v) is 4.52. The average Bonchev–Trinajstić information content (AvgIpc) is 2.29. The van der Waals surface area contributed by atoms with Crippen molar-refractivity contribution in [1.82, 2.24) is 0 Å². The van der Waals surface area contributed by atoms with Gasteiger partial charge in [0.25, 0.3) is 0 Å². The lowest BCUT2D eigenvalue weighted by Crippen LogP contribution is -2.06. The smallest absolute Gasteiger partial charge is 0.135 e. The zero-order chi connectivity index (χ0) is 11.1. The Morgan fingerprint density at radius 3 is 2.87 bits per heavy atom. The van der Waals surface area contributed by atoms with Gasteiger partial charge in [-0.15, -0.1) is 6.42 Å². The van der Waals surface area contributed by atoms with Gasteiger partial charge in [-0.05, 0) is 6.07 Å². The van der Waals surface area contributed by atoms with Crippen LogP contribution in [0.3, 0.4) is 0 Å². The molecule has 0 amide bonds. The monoisotopic (exact) mass is 205 g/mol. The molecule has 0 aliphatic rings. The molecule has 0 saturated carbocycles. The molecule has 1 rings (SSSR count). The largest absolute Gasteiger partial charge is 0.490 e. The first kappa shape index (κ1) is 11.6. The Balaban J connectivity index is 2.83. The lowest BCUT2D eigenvalue weighted by atomic mass is 10.1. The molecule has 0 aliphatic carbocycles. The minimum Gasteiger partial charge on any atom is -0.490 e. The van der Waals surface area contributed by atoms with Crippen molar-refractivity contribution in [2.24, 2.45) is 0 Å². The Morgan fingerprint density at radius 2 is 2.27 bits per heavy atom. The van der Waals surface area contributed by atoms with Gasteiger partial charge in [-0.2, -0.15) is 0 Å². The summed E-state index contributed by atoms with van der Waals surface area (Å²) in [5, 5.41) is 8.94. The van der Waals surface area contributed by atoms with Gasteiger partial charge in [0, 0.05) is 12.7 Å². The Bertz CT molecular complexity index is 352. The predicted molar refractivity (Wildman–Crippen MR) is 57.1 cm³/mol. The molecular formula is C12H13O3. The molecule has 0 aromatic heterocycles. The second-order valence-corrected chi connectivity index (χ2v) is 2.84. The molecular weight excluding hydrogens is 192 g/mol. The van der Waals surface area contributed by atoms with E-state index in [4.69, 9.17) is 21.0 Å². The summed E-state index contributed by atoms with van der Waals surface area (Å²) in [4.78, 5) is 0. The van der Waals surface area contributed by atoms with E-state index < -0.39 is 0 Å². The van der Waals surface area contributed by atoms with Crippen molar-refractivity contribution in [1.29, 1.82) is 0 Å². The van der Waals surface area contributed by atoms with E-state index in [1.165, 1.54) is 0 Å². The third kappa shape index (κ3) is 2.98. The number of aliphatic hydroxyl groups excluding tert-OH is 1. The van der Waals surface area contributed by atoms with Crippen molar-refractivity contribution < 1.29 is 14.6 Å². The highest BCUT2D eigenvalue weighted by atomic mass is 16.5. The normalized spacial score (nSPS) is 9.67. The van der Waals surface area contributed by atoms with Crippen LogP contribution in [0, 0.1) is 19.0 Å². The van der Waals surface area contributed by atoms with Crippen LogP contribution < -0.4 is 4.74 Å². The topological polar surface area (TPSA) is 38.7 Å². The molecule has 1 aromatic rings. The summed E-state index contributed by atoms with van der Waals surface area (Å²) in [5.41, 5.74) is 1.13. The van der Waals surface area contributed by atoms with Crippen molar-refractivity contribution in [2.45, 2.75) is 0 Å². The number of ether oxygens (including phenoxy) is 2. The molecule has 0 unspecified atom stereocenters. The van der Waals surface area contributed by atoms with Crippen LogP contribution in [0.2, 0.25) is 0 Å². The summed E-state index contributed by atoms with van der Waals surface area (Å²) >= 11 is 0. The molecule has 1 aromatic carbocycles. The van der Waals surface area contributed by atoms with Gasteiger partial charge in [0.2, 0.25) is 0 Å². The number of hydrogen-bond acceptors (Lipinski definition) is 3. The van der Waals surface area contributed by atoms with E-state index in [2.05, 4.69) is 5.92 Å². The van der Waals surface area contributed by atoms with Crippen LogP contribution in [0.4, 0.5) is 0 Å². The van der Waals surface area contributed by atoms with E-state index >= 15 is 0 Å². The molecule has 3 nitrogen and oxygen atoms in total. The van der Waals surface area contributed by atoms with E-state index in [-0.39, 0.29) is 0 Å². The van der Waals surface area contributed by atoms with E-state index in [1.807, 2.05) is 0 Å². The van der Waals surface area contributed by atoms with Gasteiger partial charge in [0.05, 0.1) is 12.2 Å². The minimum absolute atomic E-state index is 0.431. The van der Waals surface area contributed by atoms with Crippen molar-refractivity contribution in [3.8, 4) is 18.1 Å². The fourth-order valence-corrected chi connectivity index (χ4v) is 1.17. The van der Waals surface area contributed by atoms with E-state index in [0.29, 0.717) is 30.1 Å². The molecule has 15 heavy (non-hydrogen) atoms. The van der Waals surface area contributed by atoms with Crippen LogP contribution in [0.25, 0.3) is 0 Å².